The Bertz CT molecular complexity index is 675. The van der Waals surface area contributed by atoms with Crippen molar-refractivity contribution in [3.63, 3.8) is 0 Å². The summed E-state index contributed by atoms with van der Waals surface area (Å²) in [5.41, 5.74) is 3.12. The van der Waals surface area contributed by atoms with Gasteiger partial charge in [0.2, 0.25) is 0 Å². The van der Waals surface area contributed by atoms with Gasteiger partial charge < -0.3 is 14.7 Å². The van der Waals surface area contributed by atoms with Crippen LogP contribution in [0.2, 0.25) is 0 Å². The van der Waals surface area contributed by atoms with E-state index in [0.29, 0.717) is 23.6 Å². The van der Waals surface area contributed by atoms with E-state index in [2.05, 4.69) is 29.2 Å². The summed E-state index contributed by atoms with van der Waals surface area (Å²) in [6, 6.07) is 7.85. The van der Waals surface area contributed by atoms with Crippen molar-refractivity contribution < 1.29 is 9.32 Å². The van der Waals surface area contributed by atoms with E-state index in [1.54, 1.807) is 6.92 Å². The van der Waals surface area contributed by atoms with Crippen LogP contribution in [0.5, 0.6) is 0 Å². The summed E-state index contributed by atoms with van der Waals surface area (Å²) in [4.78, 5) is 14.9. The Balaban J connectivity index is 2.05. The van der Waals surface area contributed by atoms with Crippen molar-refractivity contribution in [3.05, 3.63) is 41.1 Å². The minimum absolute atomic E-state index is 0.119. The summed E-state index contributed by atoms with van der Waals surface area (Å²) in [5, 5.41) is 6.99. The van der Waals surface area contributed by atoms with Crippen molar-refractivity contribution in [1.82, 2.24) is 15.4 Å². The highest BCUT2D eigenvalue weighted by Crippen LogP contribution is 2.28. The summed E-state index contributed by atoms with van der Waals surface area (Å²) in [7, 11) is 0. The Morgan fingerprint density at radius 3 is 2.58 bits per heavy atom. The highest BCUT2D eigenvalue weighted by atomic mass is 16.5. The van der Waals surface area contributed by atoms with Crippen molar-refractivity contribution in [2.45, 2.75) is 34.1 Å². The first-order valence-electron chi connectivity index (χ1n) is 8.61. The fourth-order valence-electron chi connectivity index (χ4n) is 2.78. The molecule has 0 radical (unpaired) electrons. The van der Waals surface area contributed by atoms with Gasteiger partial charge in [-0.05, 0) is 45.5 Å². The van der Waals surface area contributed by atoms with E-state index in [1.807, 2.05) is 31.2 Å². The minimum Gasteiger partial charge on any atom is -0.355 e. The molecule has 2 aromatic rings. The molecule has 1 aromatic carbocycles. The van der Waals surface area contributed by atoms with E-state index < -0.39 is 0 Å². The third kappa shape index (κ3) is 4.23. The fourth-order valence-corrected chi connectivity index (χ4v) is 2.78. The molecule has 0 aliphatic rings. The van der Waals surface area contributed by atoms with Crippen LogP contribution in [0.1, 0.15) is 41.9 Å². The van der Waals surface area contributed by atoms with Crippen molar-refractivity contribution in [2.24, 2.45) is 0 Å². The quantitative estimate of drug-likeness (QED) is 0.754. The average Bonchev–Trinajstić information content (AvgIpc) is 2.97. The van der Waals surface area contributed by atoms with Crippen LogP contribution in [0.3, 0.4) is 0 Å². The lowest BCUT2D eigenvalue weighted by Gasteiger charge is -2.17. The summed E-state index contributed by atoms with van der Waals surface area (Å²) in [6.45, 7) is 11.8. The smallest absolute Gasteiger partial charge is 0.257 e. The number of nitrogens with one attached hydrogen (secondary N) is 1. The molecule has 1 N–H and O–H groups in total. The number of nitrogens with zero attached hydrogens (tertiary/aromatic N) is 2. The van der Waals surface area contributed by atoms with Crippen LogP contribution in [0.25, 0.3) is 11.3 Å². The van der Waals surface area contributed by atoms with Crippen LogP contribution in [0, 0.1) is 13.8 Å². The number of hydrogen-bond acceptors (Lipinski definition) is 4. The molecule has 1 aromatic heterocycles. The Kier molecular flexibility index (Phi) is 6.55. The van der Waals surface area contributed by atoms with E-state index >= 15 is 0 Å². The lowest BCUT2D eigenvalue weighted by atomic mass is 10.0. The average molecular weight is 329 g/mol. The molecule has 0 aliphatic heterocycles. The van der Waals surface area contributed by atoms with Crippen LogP contribution in [0.4, 0.5) is 0 Å². The molecule has 5 nitrogen and oxygen atoms in total. The van der Waals surface area contributed by atoms with Crippen molar-refractivity contribution in [1.29, 1.82) is 0 Å². The molecule has 1 heterocycles. The number of hydrogen-bond donors (Lipinski definition) is 1. The Morgan fingerprint density at radius 1 is 1.21 bits per heavy atom. The van der Waals surface area contributed by atoms with Gasteiger partial charge in [-0.25, -0.2) is 0 Å². The van der Waals surface area contributed by atoms with E-state index in [1.165, 1.54) is 0 Å². The summed E-state index contributed by atoms with van der Waals surface area (Å²) < 4.78 is 5.44. The number of rotatable bonds is 8. The summed E-state index contributed by atoms with van der Waals surface area (Å²) >= 11 is 0. The number of carbonyl (C=O) groups is 1. The third-order valence-corrected chi connectivity index (χ3v) is 4.31. The number of aryl methyl sites for hydroxylation is 2. The Morgan fingerprint density at radius 2 is 1.92 bits per heavy atom. The lowest BCUT2D eigenvalue weighted by Crippen LogP contribution is -2.30. The Labute approximate surface area is 144 Å². The molecule has 0 bridgehead atoms. The molecule has 130 valence electrons. The third-order valence-electron chi connectivity index (χ3n) is 4.31. The van der Waals surface area contributed by atoms with Gasteiger partial charge in [0, 0.05) is 12.1 Å². The van der Waals surface area contributed by atoms with E-state index in [0.717, 1.165) is 37.2 Å². The minimum atomic E-state index is -0.119. The van der Waals surface area contributed by atoms with Gasteiger partial charge in [-0.1, -0.05) is 43.3 Å². The molecule has 1 amide bonds. The molecule has 0 fully saturated rings. The van der Waals surface area contributed by atoms with E-state index in [4.69, 9.17) is 4.52 Å². The van der Waals surface area contributed by atoms with Crippen molar-refractivity contribution >= 4 is 5.91 Å². The largest absolute Gasteiger partial charge is 0.355 e. The monoisotopic (exact) mass is 329 g/mol. The normalized spacial score (nSPS) is 11.0. The van der Waals surface area contributed by atoms with Crippen molar-refractivity contribution in [2.75, 3.05) is 26.2 Å². The van der Waals surface area contributed by atoms with E-state index in [-0.39, 0.29) is 5.91 Å². The van der Waals surface area contributed by atoms with Crippen molar-refractivity contribution in [3.8, 4) is 11.3 Å². The second-order valence-corrected chi connectivity index (χ2v) is 5.92. The molecule has 0 aliphatic carbocycles. The zero-order chi connectivity index (χ0) is 17.5. The predicted octanol–water partition coefficient (Wildman–Crippen LogP) is 3.42. The zero-order valence-corrected chi connectivity index (χ0v) is 15.1. The van der Waals surface area contributed by atoms with Crippen LogP contribution in [-0.4, -0.2) is 42.1 Å². The van der Waals surface area contributed by atoms with Gasteiger partial charge in [0.25, 0.3) is 5.91 Å². The molecule has 0 atom stereocenters. The first kappa shape index (κ1) is 18.2. The Hall–Kier alpha value is -2.14. The fraction of sp³-hybridized carbons (Fsp3) is 0.474. The van der Waals surface area contributed by atoms with Gasteiger partial charge >= 0.3 is 0 Å². The zero-order valence-electron chi connectivity index (χ0n) is 15.1. The molecule has 5 heteroatoms. The highest BCUT2D eigenvalue weighted by Gasteiger charge is 2.22. The van der Waals surface area contributed by atoms with Gasteiger partial charge in [-0.2, -0.15) is 0 Å². The molecule has 2 rings (SSSR count). The summed E-state index contributed by atoms with van der Waals surface area (Å²) in [5.74, 6) is 0.429. The first-order chi connectivity index (χ1) is 11.6. The van der Waals surface area contributed by atoms with Crippen LogP contribution < -0.4 is 5.32 Å². The molecule has 0 unspecified atom stereocenters. The highest BCUT2D eigenvalue weighted by molar-refractivity contribution is 6.00. The predicted molar refractivity (Wildman–Crippen MR) is 96.2 cm³/mol. The number of benzene rings is 1. The molecular formula is C19H27N3O2. The second-order valence-electron chi connectivity index (χ2n) is 5.92. The second kappa shape index (κ2) is 8.64. The standard InChI is InChI=1S/C19H27N3O2/c1-5-22(6-2)13-9-12-20-19(23)17-15(4)21-24-18(17)16-11-8-7-10-14(16)3/h7-8,10-11H,5-6,9,12-13H2,1-4H3,(H,20,23). The molecule has 0 saturated carbocycles. The maximum Gasteiger partial charge on any atom is 0.257 e. The maximum atomic E-state index is 12.6. The lowest BCUT2D eigenvalue weighted by molar-refractivity contribution is 0.0951. The van der Waals surface area contributed by atoms with Gasteiger partial charge in [0.1, 0.15) is 5.56 Å². The maximum absolute atomic E-state index is 12.6. The number of amides is 1. The topological polar surface area (TPSA) is 58.4 Å². The SMILES string of the molecule is CCN(CC)CCCNC(=O)c1c(C)noc1-c1ccccc1C. The van der Waals surface area contributed by atoms with Gasteiger partial charge in [-0.3, -0.25) is 4.79 Å². The molecular weight excluding hydrogens is 302 g/mol. The van der Waals surface area contributed by atoms with E-state index in [9.17, 15) is 4.79 Å². The number of aromatic nitrogens is 1. The molecule has 0 saturated heterocycles. The number of carbonyl (C=O) groups excluding carboxylic acids is 1. The van der Waals surface area contributed by atoms with Crippen LogP contribution in [-0.2, 0) is 0 Å². The molecule has 24 heavy (non-hydrogen) atoms. The van der Waals surface area contributed by atoms with Crippen LogP contribution >= 0.6 is 0 Å². The van der Waals surface area contributed by atoms with Gasteiger partial charge in [0.15, 0.2) is 5.76 Å². The summed E-state index contributed by atoms with van der Waals surface area (Å²) in [6.07, 6.45) is 0.928. The van der Waals surface area contributed by atoms with Gasteiger partial charge in [-0.15, -0.1) is 0 Å². The first-order valence-corrected chi connectivity index (χ1v) is 8.61. The molecule has 0 spiro atoms. The van der Waals surface area contributed by atoms with Gasteiger partial charge in [0.05, 0.1) is 5.69 Å². The van der Waals surface area contributed by atoms with Crippen LogP contribution in [0.15, 0.2) is 28.8 Å².